The van der Waals surface area contributed by atoms with E-state index in [4.69, 9.17) is 0 Å². The summed E-state index contributed by atoms with van der Waals surface area (Å²) < 4.78 is 23.5. The van der Waals surface area contributed by atoms with Crippen LogP contribution in [0.15, 0.2) is 28.1 Å². The first kappa shape index (κ1) is 23.2. The summed E-state index contributed by atoms with van der Waals surface area (Å²) in [5.41, 5.74) is 1.66. The molecular weight excluding hydrogens is 388 g/mol. The summed E-state index contributed by atoms with van der Waals surface area (Å²) in [6.45, 7) is 8.43. The molecule has 1 saturated heterocycles. The fraction of sp³-hybridized carbons (Fsp3) is 0.619. The number of carbonyl (C=O) groups excluding carboxylic acids is 1. The molecule has 1 heterocycles. The van der Waals surface area contributed by atoms with E-state index < -0.39 is 9.84 Å². The van der Waals surface area contributed by atoms with Gasteiger partial charge in [-0.15, -0.1) is 0 Å². The Morgan fingerprint density at radius 2 is 2.03 bits per heavy atom. The average Bonchev–Trinajstić information content (AvgIpc) is 2.65. The van der Waals surface area contributed by atoms with E-state index in [1.165, 1.54) is 12.7 Å². The minimum Gasteiger partial charge on any atom is -0.357 e. The van der Waals surface area contributed by atoms with Crippen LogP contribution in [0.25, 0.3) is 0 Å². The van der Waals surface area contributed by atoms with E-state index in [-0.39, 0.29) is 5.91 Å². The van der Waals surface area contributed by atoms with Crippen LogP contribution in [0.5, 0.6) is 0 Å². The number of aryl methyl sites for hydroxylation is 1. The van der Waals surface area contributed by atoms with Gasteiger partial charge in [-0.1, -0.05) is 12.1 Å². The molecule has 162 valence electrons. The lowest BCUT2D eigenvalue weighted by Gasteiger charge is -2.33. The third-order valence-corrected chi connectivity index (χ3v) is 6.41. The molecule has 0 spiro atoms. The van der Waals surface area contributed by atoms with Crippen molar-refractivity contribution in [1.29, 1.82) is 0 Å². The summed E-state index contributed by atoms with van der Waals surface area (Å²) in [6, 6.07) is 5.60. The minimum atomic E-state index is -3.22. The number of aliphatic imine (C=N–C) groups is 1. The van der Waals surface area contributed by atoms with Gasteiger partial charge in [0.2, 0.25) is 5.91 Å². The van der Waals surface area contributed by atoms with Crippen LogP contribution < -0.4 is 10.6 Å². The van der Waals surface area contributed by atoms with Gasteiger partial charge >= 0.3 is 0 Å². The molecule has 2 rings (SSSR count). The van der Waals surface area contributed by atoms with Gasteiger partial charge in [-0.3, -0.25) is 4.79 Å². The molecule has 0 aromatic heterocycles. The molecule has 0 radical (unpaired) electrons. The summed E-state index contributed by atoms with van der Waals surface area (Å²) >= 11 is 0. The molecule has 0 aliphatic carbocycles. The molecular formula is C21H34N4O3S. The van der Waals surface area contributed by atoms with Crippen LogP contribution in [-0.4, -0.2) is 57.1 Å². The van der Waals surface area contributed by atoms with Crippen molar-refractivity contribution in [3.8, 4) is 0 Å². The van der Waals surface area contributed by atoms with Crippen molar-refractivity contribution in [2.75, 3.05) is 25.9 Å². The van der Waals surface area contributed by atoms with E-state index in [1.807, 2.05) is 17.9 Å². The molecule has 0 bridgehead atoms. The highest BCUT2D eigenvalue weighted by Gasteiger charge is 2.22. The van der Waals surface area contributed by atoms with Crippen LogP contribution >= 0.6 is 0 Å². The van der Waals surface area contributed by atoms with Crippen molar-refractivity contribution in [1.82, 2.24) is 15.5 Å². The Hall–Kier alpha value is -2.09. The number of sulfone groups is 1. The maximum absolute atomic E-state index is 12.5. The Balaban J connectivity index is 1.92. The Labute approximate surface area is 174 Å². The third kappa shape index (κ3) is 7.03. The van der Waals surface area contributed by atoms with Gasteiger partial charge in [-0.25, -0.2) is 13.4 Å². The Kier molecular flexibility index (Phi) is 8.49. The van der Waals surface area contributed by atoms with E-state index in [9.17, 15) is 13.2 Å². The number of nitrogens with zero attached hydrogens (tertiary/aromatic N) is 2. The number of piperidine rings is 1. The van der Waals surface area contributed by atoms with Gasteiger partial charge in [0.05, 0.1) is 11.4 Å². The van der Waals surface area contributed by atoms with Crippen molar-refractivity contribution in [3.63, 3.8) is 0 Å². The zero-order valence-corrected chi connectivity index (χ0v) is 18.8. The quantitative estimate of drug-likeness (QED) is 0.519. The van der Waals surface area contributed by atoms with Crippen LogP contribution in [-0.2, 0) is 21.2 Å². The first-order valence-corrected chi connectivity index (χ1v) is 12.2. The van der Waals surface area contributed by atoms with Crippen LogP contribution in [0.1, 0.15) is 50.7 Å². The number of carbonyl (C=O) groups is 1. The summed E-state index contributed by atoms with van der Waals surface area (Å²) in [5.74, 6) is 0.837. The third-order valence-electron chi connectivity index (χ3n) is 5.16. The highest BCUT2D eigenvalue weighted by molar-refractivity contribution is 7.90. The molecule has 2 N–H and O–H groups in total. The number of hydrogen-bond donors (Lipinski definition) is 2. The number of hydrogen-bond acceptors (Lipinski definition) is 4. The fourth-order valence-corrected chi connectivity index (χ4v) is 4.60. The van der Waals surface area contributed by atoms with Gasteiger partial charge in [0, 0.05) is 38.4 Å². The Bertz CT molecular complexity index is 836. The van der Waals surface area contributed by atoms with Gasteiger partial charge in [0.15, 0.2) is 15.8 Å². The van der Waals surface area contributed by atoms with Crippen molar-refractivity contribution < 1.29 is 13.2 Å². The lowest BCUT2D eigenvalue weighted by Crippen LogP contribution is -2.44. The SMILES string of the molecule is CCNC(=NCc1ccc(S(C)(=O)=O)c(C)c1)NCCC(=O)N1CCCCC1C. The van der Waals surface area contributed by atoms with Crippen LogP contribution in [0.3, 0.4) is 0 Å². The molecule has 29 heavy (non-hydrogen) atoms. The zero-order chi connectivity index (χ0) is 21.4. The predicted molar refractivity (Wildman–Crippen MR) is 117 cm³/mol. The standard InChI is InChI=1S/C21H34N4O3S/c1-5-22-21(23-12-11-20(26)25-13-7-6-8-17(25)3)24-15-18-9-10-19(16(2)14-18)29(4,27)28/h9-10,14,17H,5-8,11-13,15H2,1-4H3,(H2,22,23,24). The number of amides is 1. The fourth-order valence-electron chi connectivity index (χ4n) is 3.64. The van der Waals surface area contributed by atoms with E-state index in [2.05, 4.69) is 22.5 Å². The number of benzene rings is 1. The Morgan fingerprint density at radius 3 is 2.66 bits per heavy atom. The topological polar surface area (TPSA) is 90.9 Å². The molecule has 1 aromatic rings. The molecule has 1 fully saturated rings. The first-order chi connectivity index (χ1) is 13.7. The van der Waals surface area contributed by atoms with Crippen LogP contribution in [0, 0.1) is 6.92 Å². The van der Waals surface area contributed by atoms with Crippen LogP contribution in [0.4, 0.5) is 0 Å². The van der Waals surface area contributed by atoms with Gasteiger partial charge in [-0.2, -0.15) is 0 Å². The van der Waals surface area contributed by atoms with E-state index in [0.717, 1.165) is 37.1 Å². The summed E-state index contributed by atoms with van der Waals surface area (Å²) in [7, 11) is -3.22. The summed E-state index contributed by atoms with van der Waals surface area (Å²) in [4.78, 5) is 19.4. The molecule has 1 aliphatic rings. The molecule has 0 saturated carbocycles. The van der Waals surface area contributed by atoms with E-state index in [0.29, 0.717) is 36.4 Å². The van der Waals surface area contributed by atoms with Crippen molar-refractivity contribution >= 4 is 21.7 Å². The molecule has 1 aliphatic heterocycles. The molecule has 1 unspecified atom stereocenters. The molecule has 1 aromatic carbocycles. The number of rotatable bonds is 7. The highest BCUT2D eigenvalue weighted by Crippen LogP contribution is 2.18. The maximum atomic E-state index is 12.5. The van der Waals surface area contributed by atoms with E-state index in [1.54, 1.807) is 19.1 Å². The monoisotopic (exact) mass is 422 g/mol. The van der Waals surface area contributed by atoms with Crippen LogP contribution in [0.2, 0.25) is 0 Å². The van der Waals surface area contributed by atoms with Gasteiger partial charge in [0.25, 0.3) is 0 Å². The van der Waals surface area contributed by atoms with Crippen molar-refractivity contribution in [2.45, 2.75) is 63.9 Å². The molecule has 1 atom stereocenters. The van der Waals surface area contributed by atoms with Gasteiger partial charge < -0.3 is 15.5 Å². The number of guanidine groups is 1. The second-order valence-corrected chi connectivity index (χ2v) is 9.66. The summed E-state index contributed by atoms with van der Waals surface area (Å²) in [5, 5.41) is 6.40. The second kappa shape index (κ2) is 10.6. The number of likely N-dealkylation sites (tertiary alicyclic amines) is 1. The molecule has 1 amide bonds. The van der Waals surface area contributed by atoms with E-state index >= 15 is 0 Å². The van der Waals surface area contributed by atoms with Gasteiger partial charge in [0.1, 0.15) is 0 Å². The second-order valence-electron chi connectivity index (χ2n) is 7.68. The molecule has 8 heteroatoms. The lowest BCUT2D eigenvalue weighted by molar-refractivity contribution is -0.134. The summed E-state index contributed by atoms with van der Waals surface area (Å²) in [6.07, 6.45) is 5.03. The average molecular weight is 423 g/mol. The zero-order valence-electron chi connectivity index (χ0n) is 18.0. The first-order valence-electron chi connectivity index (χ1n) is 10.3. The highest BCUT2D eigenvalue weighted by atomic mass is 32.2. The smallest absolute Gasteiger partial charge is 0.224 e. The Morgan fingerprint density at radius 1 is 1.28 bits per heavy atom. The lowest BCUT2D eigenvalue weighted by atomic mass is 10.0. The van der Waals surface area contributed by atoms with Crippen molar-refractivity contribution in [3.05, 3.63) is 29.3 Å². The normalized spacial score (nSPS) is 17.9. The van der Waals surface area contributed by atoms with Crippen molar-refractivity contribution in [2.24, 2.45) is 4.99 Å². The number of nitrogens with one attached hydrogen (secondary N) is 2. The minimum absolute atomic E-state index is 0.188. The largest absolute Gasteiger partial charge is 0.357 e. The maximum Gasteiger partial charge on any atom is 0.224 e. The predicted octanol–water partition coefficient (Wildman–Crippen LogP) is 2.24. The van der Waals surface area contributed by atoms with Gasteiger partial charge in [-0.05, 0) is 57.2 Å². The molecule has 7 nitrogen and oxygen atoms in total.